The van der Waals surface area contributed by atoms with Crippen LogP contribution >= 0.6 is 0 Å². The first-order valence-corrected chi connectivity index (χ1v) is 6.02. The molecular formula is C14H18N2. The number of likely N-dealkylation sites (tertiary alicyclic amines) is 1. The molecule has 2 nitrogen and oxygen atoms in total. The maximum atomic E-state index is 2.47. The lowest BCUT2D eigenvalue weighted by molar-refractivity contribution is 0.308. The molecule has 1 aromatic carbocycles. The predicted octanol–water partition coefficient (Wildman–Crippen LogP) is 2.95. The molecule has 1 aromatic heterocycles. The smallest absolute Gasteiger partial charge is 0.0498 e. The molecule has 3 rings (SSSR count). The number of nitrogens with zero attached hydrogens (tertiary/aromatic N) is 2. The highest BCUT2D eigenvalue weighted by molar-refractivity contribution is 5.81. The summed E-state index contributed by atoms with van der Waals surface area (Å²) < 4.78 is 2.35. The second-order valence-electron chi connectivity index (χ2n) is 4.83. The van der Waals surface area contributed by atoms with Gasteiger partial charge in [0, 0.05) is 24.3 Å². The number of rotatable bonds is 1. The molecule has 16 heavy (non-hydrogen) atoms. The normalized spacial score (nSPS) is 22.0. The second-order valence-corrected chi connectivity index (χ2v) is 4.83. The summed E-state index contributed by atoms with van der Waals surface area (Å²) in [7, 11) is 4.42. The minimum atomic E-state index is 0.609. The maximum Gasteiger partial charge on any atom is 0.0498 e. The van der Waals surface area contributed by atoms with Gasteiger partial charge >= 0.3 is 0 Å². The Morgan fingerprint density at radius 2 is 2.00 bits per heavy atom. The monoisotopic (exact) mass is 214 g/mol. The lowest BCUT2D eigenvalue weighted by atomic mass is 10.1. The van der Waals surface area contributed by atoms with Gasteiger partial charge in [-0.3, -0.25) is 4.90 Å². The van der Waals surface area contributed by atoms with Crippen molar-refractivity contribution in [1.82, 2.24) is 9.47 Å². The van der Waals surface area contributed by atoms with E-state index in [2.05, 4.69) is 53.9 Å². The Morgan fingerprint density at radius 3 is 2.69 bits per heavy atom. The van der Waals surface area contributed by atoms with Crippen LogP contribution in [0.5, 0.6) is 0 Å². The van der Waals surface area contributed by atoms with Gasteiger partial charge in [0.05, 0.1) is 0 Å². The molecule has 1 fully saturated rings. The van der Waals surface area contributed by atoms with Gasteiger partial charge in [0.2, 0.25) is 0 Å². The number of benzene rings is 1. The van der Waals surface area contributed by atoms with E-state index in [-0.39, 0.29) is 0 Å². The maximum absolute atomic E-state index is 2.47. The number of hydrogen-bond acceptors (Lipinski definition) is 1. The number of para-hydroxylation sites is 1. The molecule has 1 atom stereocenters. The SMILES string of the molecule is CN1CCCC1c1cc2ccccc2n1C. The van der Waals surface area contributed by atoms with Gasteiger partial charge in [0.1, 0.15) is 0 Å². The Labute approximate surface area is 96.5 Å². The highest BCUT2D eigenvalue weighted by Crippen LogP contribution is 2.33. The summed E-state index contributed by atoms with van der Waals surface area (Å²) in [5.74, 6) is 0. The third kappa shape index (κ3) is 1.37. The molecule has 0 aliphatic carbocycles. The van der Waals surface area contributed by atoms with Crippen molar-refractivity contribution in [1.29, 1.82) is 0 Å². The standard InChI is InChI=1S/C14H18N2/c1-15-9-5-8-13(15)14-10-11-6-3-4-7-12(11)16(14)2/h3-4,6-7,10,13H,5,8-9H2,1-2H3. The van der Waals surface area contributed by atoms with Crippen molar-refractivity contribution < 1.29 is 0 Å². The Bertz CT molecular complexity index is 512. The van der Waals surface area contributed by atoms with E-state index in [1.807, 2.05) is 0 Å². The van der Waals surface area contributed by atoms with Crippen molar-refractivity contribution in [2.24, 2.45) is 7.05 Å². The Morgan fingerprint density at radius 1 is 1.19 bits per heavy atom. The topological polar surface area (TPSA) is 8.17 Å². The number of aromatic nitrogens is 1. The number of hydrogen-bond donors (Lipinski definition) is 0. The van der Waals surface area contributed by atoms with Crippen molar-refractivity contribution in [3.8, 4) is 0 Å². The van der Waals surface area contributed by atoms with Gasteiger partial charge in [-0.05, 0) is 44.0 Å². The summed E-state index contributed by atoms with van der Waals surface area (Å²) in [6, 6.07) is 11.6. The van der Waals surface area contributed by atoms with Crippen molar-refractivity contribution in [3.05, 3.63) is 36.0 Å². The van der Waals surface area contributed by atoms with Crippen molar-refractivity contribution in [2.45, 2.75) is 18.9 Å². The molecule has 0 radical (unpaired) electrons. The van der Waals surface area contributed by atoms with Gasteiger partial charge < -0.3 is 4.57 Å². The average molecular weight is 214 g/mol. The molecule has 2 aromatic rings. The Balaban J connectivity index is 2.13. The first kappa shape index (κ1) is 9.91. The van der Waals surface area contributed by atoms with Crippen LogP contribution in [0.1, 0.15) is 24.6 Å². The summed E-state index contributed by atoms with van der Waals surface area (Å²) >= 11 is 0. The van der Waals surface area contributed by atoms with Gasteiger partial charge in [-0.2, -0.15) is 0 Å². The molecule has 1 aliphatic heterocycles. The van der Waals surface area contributed by atoms with Crippen molar-refractivity contribution >= 4 is 10.9 Å². The lowest BCUT2D eigenvalue weighted by Gasteiger charge is -2.20. The zero-order valence-electron chi connectivity index (χ0n) is 9.98. The fourth-order valence-electron chi connectivity index (χ4n) is 2.91. The molecule has 0 amide bonds. The van der Waals surface area contributed by atoms with E-state index in [0.717, 1.165) is 0 Å². The lowest BCUT2D eigenvalue weighted by Crippen LogP contribution is -2.19. The quantitative estimate of drug-likeness (QED) is 0.708. The average Bonchev–Trinajstić information content (AvgIpc) is 2.84. The molecule has 0 bridgehead atoms. The molecule has 0 saturated carbocycles. The first-order chi connectivity index (χ1) is 7.77. The molecular weight excluding hydrogens is 196 g/mol. The summed E-state index contributed by atoms with van der Waals surface area (Å²) in [4.78, 5) is 2.47. The summed E-state index contributed by atoms with van der Waals surface area (Å²) in [5.41, 5.74) is 2.80. The molecule has 2 heterocycles. The zero-order valence-corrected chi connectivity index (χ0v) is 9.98. The zero-order chi connectivity index (χ0) is 11.1. The van der Waals surface area contributed by atoms with E-state index >= 15 is 0 Å². The fourth-order valence-corrected chi connectivity index (χ4v) is 2.91. The molecule has 1 saturated heterocycles. The van der Waals surface area contributed by atoms with Crippen LogP contribution < -0.4 is 0 Å². The van der Waals surface area contributed by atoms with Crippen LogP contribution in [0, 0.1) is 0 Å². The van der Waals surface area contributed by atoms with Gasteiger partial charge in [0.15, 0.2) is 0 Å². The molecule has 0 N–H and O–H groups in total. The summed E-state index contributed by atoms with van der Waals surface area (Å²) in [5, 5.41) is 1.36. The molecule has 2 heteroatoms. The second kappa shape index (κ2) is 3.63. The van der Waals surface area contributed by atoms with E-state index in [0.29, 0.717) is 6.04 Å². The van der Waals surface area contributed by atoms with Gasteiger partial charge in [0.25, 0.3) is 0 Å². The van der Waals surface area contributed by atoms with Crippen LogP contribution in [0.2, 0.25) is 0 Å². The fraction of sp³-hybridized carbons (Fsp3) is 0.429. The highest BCUT2D eigenvalue weighted by Gasteiger charge is 2.25. The third-order valence-corrected chi connectivity index (χ3v) is 3.85. The molecule has 1 unspecified atom stereocenters. The van der Waals surface area contributed by atoms with E-state index < -0.39 is 0 Å². The Kier molecular flexibility index (Phi) is 2.25. The minimum absolute atomic E-state index is 0.609. The van der Waals surface area contributed by atoms with Crippen LogP contribution in [0.4, 0.5) is 0 Å². The van der Waals surface area contributed by atoms with E-state index in [4.69, 9.17) is 0 Å². The van der Waals surface area contributed by atoms with E-state index in [1.165, 1.54) is 36.0 Å². The summed E-state index contributed by atoms with van der Waals surface area (Å²) in [6.45, 7) is 1.23. The van der Waals surface area contributed by atoms with Crippen molar-refractivity contribution in [2.75, 3.05) is 13.6 Å². The van der Waals surface area contributed by atoms with Crippen LogP contribution in [-0.2, 0) is 7.05 Å². The van der Waals surface area contributed by atoms with Gasteiger partial charge in [-0.1, -0.05) is 18.2 Å². The number of aryl methyl sites for hydroxylation is 1. The first-order valence-electron chi connectivity index (χ1n) is 6.02. The van der Waals surface area contributed by atoms with E-state index in [9.17, 15) is 0 Å². The van der Waals surface area contributed by atoms with Crippen LogP contribution in [-0.4, -0.2) is 23.1 Å². The Hall–Kier alpha value is -1.28. The minimum Gasteiger partial charge on any atom is -0.346 e. The molecule has 84 valence electrons. The van der Waals surface area contributed by atoms with Crippen LogP contribution in [0.15, 0.2) is 30.3 Å². The molecule has 1 aliphatic rings. The van der Waals surface area contributed by atoms with Gasteiger partial charge in [-0.25, -0.2) is 0 Å². The largest absolute Gasteiger partial charge is 0.346 e. The van der Waals surface area contributed by atoms with E-state index in [1.54, 1.807) is 0 Å². The number of fused-ring (bicyclic) bond motifs is 1. The van der Waals surface area contributed by atoms with Crippen LogP contribution in [0.25, 0.3) is 10.9 Å². The van der Waals surface area contributed by atoms with Crippen LogP contribution in [0.3, 0.4) is 0 Å². The third-order valence-electron chi connectivity index (χ3n) is 3.85. The highest BCUT2D eigenvalue weighted by atomic mass is 15.2. The predicted molar refractivity (Wildman–Crippen MR) is 67.5 cm³/mol. The summed E-state index contributed by atoms with van der Waals surface area (Å²) in [6.07, 6.45) is 2.61. The van der Waals surface area contributed by atoms with Gasteiger partial charge in [-0.15, -0.1) is 0 Å². The molecule has 0 spiro atoms. The van der Waals surface area contributed by atoms with Crippen molar-refractivity contribution in [3.63, 3.8) is 0 Å².